The first kappa shape index (κ1) is 31.7. The average Bonchev–Trinajstić information content (AvgIpc) is 3.10. The van der Waals surface area contributed by atoms with Gasteiger partial charge in [0.05, 0.1) is 24.9 Å². The highest BCUT2D eigenvalue weighted by molar-refractivity contribution is 7.59. The number of nitrogens with one attached hydrogen (secondary N) is 2. The van der Waals surface area contributed by atoms with Crippen molar-refractivity contribution >= 4 is 21.6 Å². The van der Waals surface area contributed by atoms with E-state index in [9.17, 15) is 58.8 Å². The summed E-state index contributed by atoms with van der Waals surface area (Å²) in [5.41, 5.74) is -1.77. The van der Waals surface area contributed by atoms with E-state index in [4.69, 9.17) is 9.26 Å². The van der Waals surface area contributed by atoms with Gasteiger partial charge in [0.25, 0.3) is 21.2 Å². The summed E-state index contributed by atoms with van der Waals surface area (Å²) in [5, 5.41) is 52.2. The van der Waals surface area contributed by atoms with Crippen molar-refractivity contribution in [3.63, 3.8) is 0 Å². The van der Waals surface area contributed by atoms with Gasteiger partial charge in [-0.25, -0.2) is 9.11 Å². The number of phosphoric ester groups is 2. The Balaban J connectivity index is 1.66. The summed E-state index contributed by atoms with van der Waals surface area (Å²) in [7, 11) is -11.6. The van der Waals surface area contributed by atoms with Crippen molar-refractivity contribution in [1.82, 2.24) is 14.9 Å². The summed E-state index contributed by atoms with van der Waals surface area (Å²) in [4.78, 5) is 61.1. The predicted octanol–water partition coefficient (Wildman–Crippen LogP) is -5.25. The van der Waals surface area contributed by atoms with E-state index in [1.165, 1.54) is 0 Å². The molecule has 222 valence electrons. The lowest BCUT2D eigenvalue weighted by molar-refractivity contribution is -0.250. The number of ether oxygens (including phenoxy) is 1. The van der Waals surface area contributed by atoms with Crippen LogP contribution >= 0.6 is 15.6 Å². The molecule has 39 heavy (non-hydrogen) atoms. The number of H-pyrrole nitrogens is 1. The smallest absolute Gasteiger partial charge is 0.330 e. The summed E-state index contributed by atoms with van der Waals surface area (Å²) < 4.78 is 43.7. The van der Waals surface area contributed by atoms with Crippen LogP contribution in [0.3, 0.4) is 0 Å². The van der Waals surface area contributed by atoms with Gasteiger partial charge in [0, 0.05) is 31.7 Å². The number of aliphatic hydroxyl groups excluding tert-OH is 5. The molecule has 1 aromatic heterocycles. The maximum Gasteiger partial charge on any atom is 0.330 e. The Morgan fingerprint density at radius 3 is 2.41 bits per heavy atom. The van der Waals surface area contributed by atoms with E-state index in [2.05, 4.69) is 14.2 Å². The standard InChI is InChI=1S/C18H29N3O16P2/c1-7(23)19-12-9(4-8(5-22)13(25)15(12)27)36-39(32,33)37-38(30,31)34-6-10-14(26)16(28)17(35-10)21-3-2-11(24)20-18(21)29/h2-3,8-10,12-17,22,25-28H,4-6H2,1H3,(H,19,23)(H,30,31)(H,32,33)(H,20,24,29)/p-2/t8?,9-,10+,12?,13-,14?,15?,16?,17+/m0/s1. The van der Waals surface area contributed by atoms with Crippen LogP contribution in [0.15, 0.2) is 21.9 Å². The molecule has 0 spiro atoms. The fraction of sp³-hybridized carbons (Fsp3) is 0.722. The molecule has 1 aromatic rings. The quantitative estimate of drug-likeness (QED) is 0.123. The number of amides is 1. The van der Waals surface area contributed by atoms with Crippen molar-refractivity contribution in [3.05, 3.63) is 33.1 Å². The highest BCUT2D eigenvalue weighted by Gasteiger charge is 2.47. The fourth-order valence-corrected chi connectivity index (χ4v) is 6.42. The van der Waals surface area contributed by atoms with Crippen LogP contribution in [0.1, 0.15) is 19.6 Å². The van der Waals surface area contributed by atoms with Crippen LogP contribution in [0.2, 0.25) is 0 Å². The van der Waals surface area contributed by atoms with Crippen molar-refractivity contribution in [2.24, 2.45) is 5.92 Å². The largest absolute Gasteiger partial charge is 0.756 e. The second-order valence-electron chi connectivity index (χ2n) is 8.87. The highest BCUT2D eigenvalue weighted by Crippen LogP contribution is 2.57. The number of aromatic nitrogens is 2. The third kappa shape index (κ3) is 7.68. The number of carbonyl (C=O) groups excluding carboxylic acids is 1. The molecule has 11 atom stereocenters. The minimum absolute atomic E-state index is 0.440. The molecule has 0 bridgehead atoms. The van der Waals surface area contributed by atoms with Gasteiger partial charge in [-0.2, -0.15) is 0 Å². The molecule has 7 unspecified atom stereocenters. The van der Waals surface area contributed by atoms with Crippen molar-refractivity contribution in [1.29, 1.82) is 0 Å². The molecule has 0 aromatic carbocycles. The fourth-order valence-electron chi connectivity index (χ4n) is 4.22. The maximum absolute atomic E-state index is 12.4. The van der Waals surface area contributed by atoms with Gasteiger partial charge in [-0.05, 0) is 6.42 Å². The van der Waals surface area contributed by atoms with Crippen LogP contribution in [0.4, 0.5) is 0 Å². The average molecular weight is 603 g/mol. The molecule has 2 heterocycles. The van der Waals surface area contributed by atoms with E-state index >= 15 is 0 Å². The molecule has 1 aliphatic heterocycles. The van der Waals surface area contributed by atoms with E-state index in [0.717, 1.165) is 19.2 Å². The van der Waals surface area contributed by atoms with Crippen molar-refractivity contribution < 1.29 is 67.3 Å². The molecule has 2 fully saturated rings. The zero-order valence-corrected chi connectivity index (χ0v) is 21.8. The molecule has 1 saturated heterocycles. The Hall–Kier alpha value is -1.83. The van der Waals surface area contributed by atoms with E-state index in [0.29, 0.717) is 4.57 Å². The van der Waals surface area contributed by atoms with Crippen molar-refractivity contribution in [2.45, 2.75) is 62.2 Å². The van der Waals surface area contributed by atoms with Crippen LogP contribution in [-0.2, 0) is 32.0 Å². The first-order valence-electron chi connectivity index (χ1n) is 11.3. The molecule has 7 N–H and O–H groups in total. The predicted molar refractivity (Wildman–Crippen MR) is 119 cm³/mol. The first-order chi connectivity index (χ1) is 18.0. The number of phosphoric acid groups is 2. The molecule has 21 heteroatoms. The lowest BCUT2D eigenvalue weighted by atomic mass is 9.80. The number of nitrogens with zero attached hydrogens (tertiary/aromatic N) is 1. The maximum atomic E-state index is 12.4. The first-order valence-corrected chi connectivity index (χ1v) is 14.2. The van der Waals surface area contributed by atoms with Gasteiger partial charge >= 0.3 is 5.69 Å². The van der Waals surface area contributed by atoms with Crippen molar-refractivity contribution in [3.8, 4) is 0 Å². The highest BCUT2D eigenvalue weighted by atomic mass is 31.3. The normalized spacial score (nSPS) is 36.2. The molecular weight excluding hydrogens is 576 g/mol. The number of carbonyl (C=O) groups is 1. The molecule has 1 amide bonds. The van der Waals surface area contributed by atoms with E-state index in [1.807, 2.05) is 4.98 Å². The Bertz CT molecular complexity index is 1240. The Morgan fingerprint density at radius 1 is 1.15 bits per heavy atom. The minimum Gasteiger partial charge on any atom is -0.756 e. The van der Waals surface area contributed by atoms with Gasteiger partial charge in [0.15, 0.2) is 6.23 Å². The van der Waals surface area contributed by atoms with Crippen LogP contribution in [0, 0.1) is 5.92 Å². The Kier molecular flexibility index (Phi) is 10.0. The summed E-state index contributed by atoms with van der Waals surface area (Å²) in [6.45, 7) is -0.779. The minimum atomic E-state index is -5.81. The van der Waals surface area contributed by atoms with Gasteiger partial charge in [0.2, 0.25) is 5.91 Å². The number of rotatable bonds is 10. The SMILES string of the molecule is CC(=O)NC1C(O)[C@@H](O)C(CO)C[C@@H]1OP(=O)([O-])OP(=O)([O-])OC[C@H]1O[C@@H](n2ccc(=O)[nH]c2=O)C(O)C1O. The van der Waals surface area contributed by atoms with Gasteiger partial charge in [-0.1, -0.05) is 0 Å². The molecule has 1 saturated carbocycles. The summed E-state index contributed by atoms with van der Waals surface area (Å²) >= 11 is 0. The monoisotopic (exact) mass is 603 g/mol. The summed E-state index contributed by atoms with van der Waals surface area (Å²) in [6.07, 6.45) is -11.3. The topological polar surface area (TPSA) is 302 Å². The Morgan fingerprint density at radius 2 is 1.82 bits per heavy atom. The van der Waals surface area contributed by atoms with E-state index < -0.39 is 107 Å². The van der Waals surface area contributed by atoms with Gasteiger partial charge < -0.3 is 54.4 Å². The number of aliphatic hydroxyl groups is 5. The summed E-state index contributed by atoms with van der Waals surface area (Å²) in [5.74, 6) is -1.85. The lowest BCUT2D eigenvalue weighted by Crippen LogP contribution is -2.61. The van der Waals surface area contributed by atoms with Crippen LogP contribution < -0.4 is 26.4 Å². The number of aromatic amines is 1. The van der Waals surface area contributed by atoms with E-state index in [-0.39, 0.29) is 0 Å². The molecule has 0 radical (unpaired) electrons. The lowest BCUT2D eigenvalue weighted by Gasteiger charge is -2.44. The summed E-state index contributed by atoms with van der Waals surface area (Å²) in [6, 6.07) is -0.611. The molecule has 19 nitrogen and oxygen atoms in total. The number of hydrogen-bond donors (Lipinski definition) is 7. The van der Waals surface area contributed by atoms with E-state index in [1.54, 1.807) is 0 Å². The third-order valence-corrected chi connectivity index (χ3v) is 8.66. The van der Waals surface area contributed by atoms with Crippen LogP contribution in [0.5, 0.6) is 0 Å². The van der Waals surface area contributed by atoms with Crippen LogP contribution in [-0.4, -0.2) is 96.9 Å². The third-order valence-electron chi connectivity index (χ3n) is 6.06. The molecule has 3 rings (SSSR count). The van der Waals surface area contributed by atoms with Gasteiger partial charge in [0.1, 0.15) is 24.4 Å². The van der Waals surface area contributed by atoms with Crippen molar-refractivity contribution in [2.75, 3.05) is 13.2 Å². The van der Waals surface area contributed by atoms with Gasteiger partial charge in [-0.3, -0.25) is 28.3 Å². The second kappa shape index (κ2) is 12.4. The molecule has 1 aliphatic carbocycles. The second-order valence-corrected chi connectivity index (χ2v) is 11.8. The Labute approximate surface area is 218 Å². The van der Waals surface area contributed by atoms with Gasteiger partial charge in [-0.15, -0.1) is 0 Å². The molecular formula is C18H27N3O16P2-2. The number of hydrogen-bond acceptors (Lipinski definition) is 16. The zero-order valence-electron chi connectivity index (χ0n) is 20.0. The molecule has 2 aliphatic rings. The van der Waals surface area contributed by atoms with Crippen LogP contribution in [0.25, 0.3) is 0 Å². The zero-order chi connectivity index (χ0) is 29.3.